The van der Waals surface area contributed by atoms with Crippen LogP contribution in [0.2, 0.25) is 5.28 Å². The molecule has 116 valence electrons. The fourth-order valence-corrected chi connectivity index (χ4v) is 2.28. The second-order valence-corrected chi connectivity index (χ2v) is 5.22. The molecule has 1 aromatic carbocycles. The van der Waals surface area contributed by atoms with Crippen molar-refractivity contribution in [2.24, 2.45) is 0 Å². The van der Waals surface area contributed by atoms with Crippen LogP contribution in [0.25, 0.3) is 22.4 Å². The Labute approximate surface area is 134 Å². The van der Waals surface area contributed by atoms with Crippen LogP contribution in [0.5, 0.6) is 0 Å². The first kappa shape index (κ1) is 15.4. The van der Waals surface area contributed by atoms with E-state index in [0.29, 0.717) is 23.7 Å². The highest BCUT2D eigenvalue weighted by atomic mass is 35.5. The lowest BCUT2D eigenvalue weighted by molar-refractivity contribution is 0.112. The second-order valence-electron chi connectivity index (χ2n) is 4.88. The molecule has 0 radical (unpaired) electrons. The molecule has 0 aliphatic heterocycles. The molecular weight excluding hydrogens is 326 g/mol. The van der Waals surface area contributed by atoms with Crippen LogP contribution in [0, 0.1) is 25.5 Å². The minimum absolute atomic E-state index is 0.0520. The molecule has 0 amide bonds. The van der Waals surface area contributed by atoms with Crippen LogP contribution in [0.15, 0.2) is 12.1 Å². The van der Waals surface area contributed by atoms with Gasteiger partial charge in [-0.1, -0.05) is 0 Å². The summed E-state index contributed by atoms with van der Waals surface area (Å²) in [5.74, 6) is -1.84. The van der Waals surface area contributed by atoms with E-state index >= 15 is 0 Å². The topological polar surface area (TPSA) is 68.6 Å². The van der Waals surface area contributed by atoms with Gasteiger partial charge >= 0.3 is 0 Å². The number of benzene rings is 1. The third kappa shape index (κ3) is 2.63. The van der Waals surface area contributed by atoms with Gasteiger partial charge in [0.05, 0.1) is 17.0 Å². The number of hydrogen-bond acceptors (Lipinski definition) is 5. The number of fused-ring (bicyclic) bond motifs is 1. The molecule has 23 heavy (non-hydrogen) atoms. The van der Waals surface area contributed by atoms with Gasteiger partial charge in [0.25, 0.3) is 0 Å². The predicted octanol–water partition coefficient (Wildman–Crippen LogP) is 3.45. The van der Waals surface area contributed by atoms with E-state index in [0.717, 1.165) is 6.07 Å². The van der Waals surface area contributed by atoms with E-state index in [-0.39, 0.29) is 33.3 Å². The molecule has 0 saturated carbocycles. The van der Waals surface area contributed by atoms with Gasteiger partial charge in [0.2, 0.25) is 5.28 Å². The van der Waals surface area contributed by atoms with Gasteiger partial charge in [-0.25, -0.2) is 23.7 Å². The average molecular weight is 335 g/mol. The second kappa shape index (κ2) is 5.58. The number of carbonyl (C=O) groups is 1. The van der Waals surface area contributed by atoms with E-state index in [1.807, 2.05) is 0 Å². The molecule has 3 aromatic rings. The summed E-state index contributed by atoms with van der Waals surface area (Å²) in [4.78, 5) is 27.4. The normalized spacial score (nSPS) is 11.0. The fourth-order valence-electron chi connectivity index (χ4n) is 2.11. The van der Waals surface area contributed by atoms with Gasteiger partial charge in [0.1, 0.15) is 22.8 Å². The van der Waals surface area contributed by atoms with Crippen molar-refractivity contribution in [3.8, 4) is 11.3 Å². The number of aryl methyl sites for hydroxylation is 2. The van der Waals surface area contributed by atoms with Gasteiger partial charge in [-0.2, -0.15) is 4.98 Å². The van der Waals surface area contributed by atoms with Crippen molar-refractivity contribution in [1.29, 1.82) is 0 Å². The van der Waals surface area contributed by atoms with Crippen LogP contribution in [0.1, 0.15) is 21.7 Å². The third-order valence-electron chi connectivity index (χ3n) is 3.38. The molecule has 5 nitrogen and oxygen atoms in total. The van der Waals surface area contributed by atoms with Crippen molar-refractivity contribution in [3.05, 3.63) is 46.0 Å². The largest absolute Gasteiger partial charge is 0.298 e. The van der Waals surface area contributed by atoms with Crippen LogP contribution in [0.3, 0.4) is 0 Å². The molecule has 8 heteroatoms. The maximum absolute atomic E-state index is 14.2. The Balaban J connectivity index is 2.40. The van der Waals surface area contributed by atoms with Gasteiger partial charge < -0.3 is 0 Å². The average Bonchev–Trinajstić information content (AvgIpc) is 2.49. The zero-order chi connectivity index (χ0) is 16.7. The highest BCUT2D eigenvalue weighted by Gasteiger charge is 2.18. The van der Waals surface area contributed by atoms with Gasteiger partial charge in [0, 0.05) is 11.6 Å². The fraction of sp³-hybridized carbons (Fsp3) is 0.133. The van der Waals surface area contributed by atoms with E-state index in [9.17, 15) is 13.6 Å². The van der Waals surface area contributed by atoms with Crippen molar-refractivity contribution in [2.45, 2.75) is 13.8 Å². The summed E-state index contributed by atoms with van der Waals surface area (Å²) in [5.41, 5.74) is 1.34. The minimum Gasteiger partial charge on any atom is -0.298 e. The first-order valence-corrected chi connectivity index (χ1v) is 6.91. The summed E-state index contributed by atoms with van der Waals surface area (Å²) in [6.07, 6.45) is 0.296. The van der Waals surface area contributed by atoms with Gasteiger partial charge in [-0.05, 0) is 31.5 Å². The molecule has 0 fully saturated rings. The maximum Gasteiger partial charge on any atom is 0.225 e. The number of halogens is 3. The molecule has 0 spiro atoms. The smallest absolute Gasteiger partial charge is 0.225 e. The molecule has 0 aliphatic rings. The number of nitrogens with zero attached hydrogens (tertiary/aromatic N) is 4. The molecule has 0 atom stereocenters. The Bertz CT molecular complexity index is 962. The molecule has 2 heterocycles. The lowest BCUT2D eigenvalue weighted by Gasteiger charge is -2.09. The molecule has 2 aromatic heterocycles. The summed E-state index contributed by atoms with van der Waals surface area (Å²) in [5, 5.41) is -0.151. The quantitative estimate of drug-likeness (QED) is 0.530. The number of carbonyl (C=O) groups excluding carboxylic acids is 1. The van der Waals surface area contributed by atoms with E-state index in [2.05, 4.69) is 19.9 Å². The summed E-state index contributed by atoms with van der Waals surface area (Å²) in [6.45, 7) is 3.48. The zero-order valence-electron chi connectivity index (χ0n) is 12.1. The van der Waals surface area contributed by atoms with E-state index in [1.165, 1.54) is 0 Å². The van der Waals surface area contributed by atoms with Gasteiger partial charge in [0.15, 0.2) is 11.9 Å². The monoisotopic (exact) mass is 334 g/mol. The molecule has 0 unspecified atom stereocenters. The number of aromatic nitrogens is 4. The van der Waals surface area contributed by atoms with Crippen molar-refractivity contribution < 1.29 is 13.6 Å². The van der Waals surface area contributed by atoms with Crippen LogP contribution >= 0.6 is 11.6 Å². The van der Waals surface area contributed by atoms with E-state index < -0.39 is 11.6 Å². The van der Waals surface area contributed by atoms with Gasteiger partial charge in [-0.3, -0.25) is 4.79 Å². The number of rotatable bonds is 2. The molecule has 0 saturated heterocycles. The van der Waals surface area contributed by atoms with Gasteiger partial charge in [-0.15, -0.1) is 0 Å². The minimum atomic E-state index is -0.955. The third-order valence-corrected chi connectivity index (χ3v) is 3.55. The molecule has 0 N–H and O–H groups in total. The Hall–Kier alpha value is -2.54. The van der Waals surface area contributed by atoms with Crippen molar-refractivity contribution in [1.82, 2.24) is 19.9 Å². The summed E-state index contributed by atoms with van der Waals surface area (Å²) in [6, 6.07) is 1.68. The predicted molar refractivity (Wildman–Crippen MR) is 80.4 cm³/mol. The highest BCUT2D eigenvalue weighted by Crippen LogP contribution is 2.29. The number of aldehydes is 1. The Morgan fingerprint density at radius 2 is 1.70 bits per heavy atom. The van der Waals surface area contributed by atoms with Crippen molar-refractivity contribution in [3.63, 3.8) is 0 Å². The van der Waals surface area contributed by atoms with E-state index in [1.54, 1.807) is 13.8 Å². The Morgan fingerprint density at radius 3 is 2.39 bits per heavy atom. The summed E-state index contributed by atoms with van der Waals surface area (Å²) >= 11 is 5.87. The molecule has 0 bridgehead atoms. The standard InChI is InChI=1S/C15H9ClF2N4O/c1-6-7(2)20-14-13(19-6)12(21-15(16)22-14)9-3-8(5-23)10(17)4-11(9)18/h3-5H,1-2H3. The van der Waals surface area contributed by atoms with E-state index in [4.69, 9.17) is 11.6 Å². The van der Waals surface area contributed by atoms with Crippen LogP contribution in [-0.2, 0) is 0 Å². The highest BCUT2D eigenvalue weighted by molar-refractivity contribution is 6.28. The van der Waals surface area contributed by atoms with Crippen LogP contribution < -0.4 is 0 Å². The summed E-state index contributed by atoms with van der Waals surface area (Å²) < 4.78 is 27.7. The summed E-state index contributed by atoms with van der Waals surface area (Å²) in [7, 11) is 0. The molecule has 3 rings (SSSR count). The Kier molecular flexibility index (Phi) is 3.73. The zero-order valence-corrected chi connectivity index (χ0v) is 12.8. The SMILES string of the molecule is Cc1nc2nc(Cl)nc(-c3cc(C=O)c(F)cc3F)c2nc1C. The molecule has 0 aliphatic carbocycles. The lowest BCUT2D eigenvalue weighted by Crippen LogP contribution is -2.02. The first-order valence-electron chi connectivity index (χ1n) is 6.53. The Morgan fingerprint density at radius 1 is 1.00 bits per heavy atom. The lowest BCUT2D eigenvalue weighted by atomic mass is 10.1. The maximum atomic E-state index is 14.2. The van der Waals surface area contributed by atoms with Crippen molar-refractivity contribution in [2.75, 3.05) is 0 Å². The van der Waals surface area contributed by atoms with Crippen LogP contribution in [-0.4, -0.2) is 26.2 Å². The molecular formula is C15H9ClF2N4O. The van der Waals surface area contributed by atoms with Crippen molar-refractivity contribution >= 4 is 29.1 Å². The van der Waals surface area contributed by atoms with Crippen LogP contribution in [0.4, 0.5) is 8.78 Å². The first-order chi connectivity index (χ1) is 10.9. The number of hydrogen-bond donors (Lipinski definition) is 0.